The monoisotopic (exact) mass is 305 g/mol. The van der Waals surface area contributed by atoms with Gasteiger partial charge in [0.05, 0.1) is 11.1 Å². The Labute approximate surface area is 104 Å². The van der Waals surface area contributed by atoms with E-state index in [1.807, 2.05) is 0 Å². The van der Waals surface area contributed by atoms with Crippen LogP contribution in [0.2, 0.25) is 0 Å². The molecule has 0 atom stereocenters. The average molecular weight is 306 g/mol. The van der Waals surface area contributed by atoms with Gasteiger partial charge in [0.15, 0.2) is 0 Å². The Bertz CT molecular complexity index is 502. The van der Waals surface area contributed by atoms with E-state index in [-0.39, 0.29) is 0 Å². The van der Waals surface area contributed by atoms with Crippen molar-refractivity contribution in [3.63, 3.8) is 0 Å². The quantitative estimate of drug-likeness (QED) is 0.604. The molecule has 0 amide bonds. The van der Waals surface area contributed by atoms with Crippen LogP contribution in [0.5, 0.6) is 0 Å². The van der Waals surface area contributed by atoms with Crippen molar-refractivity contribution in [1.82, 2.24) is 0 Å². The number of aliphatic imine (C=N–C) groups is 1. The number of isocyanates is 1. The first-order valence-corrected chi connectivity index (χ1v) is 5.64. The summed E-state index contributed by atoms with van der Waals surface area (Å²) in [6.45, 7) is 0. The topological polar surface area (TPSA) is 29.4 Å². The zero-order valence-electron chi connectivity index (χ0n) is 8.51. The zero-order chi connectivity index (χ0) is 12.7. The lowest BCUT2D eigenvalue weighted by Gasteiger charge is -2.13. The van der Waals surface area contributed by atoms with E-state index >= 15 is 0 Å². The number of hydrogen-bond acceptors (Lipinski definition) is 2. The van der Waals surface area contributed by atoms with Crippen LogP contribution in [0.4, 0.5) is 13.2 Å². The van der Waals surface area contributed by atoms with Gasteiger partial charge in [0.2, 0.25) is 6.08 Å². The summed E-state index contributed by atoms with van der Waals surface area (Å²) in [7, 11) is 0. The van der Waals surface area contributed by atoms with Gasteiger partial charge in [-0.3, -0.25) is 0 Å². The molecule has 2 rings (SSSR count). The van der Waals surface area contributed by atoms with E-state index in [2.05, 4.69) is 20.9 Å². The minimum absolute atomic E-state index is 0.328. The zero-order valence-corrected chi connectivity index (χ0v) is 10.1. The first-order chi connectivity index (χ1) is 7.87. The van der Waals surface area contributed by atoms with Crippen LogP contribution < -0.4 is 0 Å². The minimum Gasteiger partial charge on any atom is -0.211 e. The third-order valence-electron chi connectivity index (χ3n) is 2.75. The molecule has 0 heterocycles. The molecule has 1 aromatic carbocycles. The summed E-state index contributed by atoms with van der Waals surface area (Å²) < 4.78 is 38.2. The highest BCUT2D eigenvalue weighted by Crippen LogP contribution is 2.50. The molecule has 0 saturated heterocycles. The fourth-order valence-corrected chi connectivity index (χ4v) is 2.19. The predicted molar refractivity (Wildman–Crippen MR) is 58.2 cm³/mol. The number of carbonyl (C=O) groups excluding carboxylic acids is 1. The molecule has 1 aromatic rings. The molecule has 6 heteroatoms. The second kappa shape index (κ2) is 3.96. The van der Waals surface area contributed by atoms with Crippen LogP contribution in [-0.4, -0.2) is 6.08 Å². The largest absolute Gasteiger partial charge is 0.416 e. The molecule has 0 spiro atoms. The average Bonchev–Trinajstić information content (AvgIpc) is 2.97. The molecule has 0 aromatic heterocycles. The third-order valence-corrected chi connectivity index (χ3v) is 3.20. The summed E-state index contributed by atoms with van der Waals surface area (Å²) >= 11 is 3.04. The van der Waals surface area contributed by atoms with E-state index in [1.165, 1.54) is 6.08 Å². The smallest absolute Gasteiger partial charge is 0.211 e. The lowest BCUT2D eigenvalue weighted by Crippen LogP contribution is -2.09. The van der Waals surface area contributed by atoms with Gasteiger partial charge in [0.25, 0.3) is 0 Å². The second-order valence-electron chi connectivity index (χ2n) is 3.96. The summed E-state index contributed by atoms with van der Waals surface area (Å²) in [4.78, 5) is 13.9. The Hall–Kier alpha value is -1.13. The number of nitrogens with zero attached hydrogens (tertiary/aromatic N) is 1. The molecule has 1 aliphatic carbocycles. The number of rotatable bonds is 2. The molecule has 0 radical (unpaired) electrons. The van der Waals surface area contributed by atoms with Gasteiger partial charge < -0.3 is 0 Å². The Balaban J connectivity index is 2.50. The fourth-order valence-electron chi connectivity index (χ4n) is 1.69. The van der Waals surface area contributed by atoms with E-state index in [9.17, 15) is 18.0 Å². The first-order valence-electron chi connectivity index (χ1n) is 4.85. The number of hydrogen-bond donors (Lipinski definition) is 0. The Kier molecular flexibility index (Phi) is 2.87. The highest BCUT2D eigenvalue weighted by Gasteiger charge is 2.46. The van der Waals surface area contributed by atoms with Crippen LogP contribution in [0.1, 0.15) is 24.0 Å². The first kappa shape index (κ1) is 12.3. The molecule has 1 fully saturated rings. The molecule has 0 N–H and O–H groups in total. The van der Waals surface area contributed by atoms with Crippen LogP contribution in [0.3, 0.4) is 0 Å². The van der Waals surface area contributed by atoms with Crippen LogP contribution in [0.25, 0.3) is 0 Å². The normalized spacial score (nSPS) is 17.4. The molecule has 1 saturated carbocycles. The van der Waals surface area contributed by atoms with E-state index in [4.69, 9.17) is 0 Å². The summed E-state index contributed by atoms with van der Waals surface area (Å²) in [6, 6.07) is 3.60. The van der Waals surface area contributed by atoms with Crippen molar-refractivity contribution in [2.75, 3.05) is 0 Å². The van der Waals surface area contributed by atoms with Gasteiger partial charge in [-0.25, -0.2) is 4.79 Å². The van der Waals surface area contributed by atoms with Crippen LogP contribution >= 0.6 is 15.9 Å². The summed E-state index contributed by atoms with van der Waals surface area (Å²) in [6.07, 6.45) is -1.82. The summed E-state index contributed by atoms with van der Waals surface area (Å²) in [5.41, 5.74) is -1.12. The highest BCUT2D eigenvalue weighted by molar-refractivity contribution is 9.10. The summed E-state index contributed by atoms with van der Waals surface area (Å²) in [5.74, 6) is 0. The van der Waals surface area contributed by atoms with Crippen LogP contribution in [0.15, 0.2) is 27.7 Å². The van der Waals surface area contributed by atoms with Crippen LogP contribution in [-0.2, 0) is 16.5 Å². The summed E-state index contributed by atoms with van der Waals surface area (Å²) in [5, 5.41) is 0. The van der Waals surface area contributed by atoms with Crippen molar-refractivity contribution in [3.05, 3.63) is 33.8 Å². The lowest BCUT2D eigenvalue weighted by molar-refractivity contribution is -0.137. The van der Waals surface area contributed by atoms with Crippen molar-refractivity contribution in [3.8, 4) is 0 Å². The lowest BCUT2D eigenvalue weighted by atomic mass is 10.0. The molecule has 0 bridgehead atoms. The van der Waals surface area contributed by atoms with Gasteiger partial charge in [-0.05, 0) is 36.6 Å². The SMILES string of the molecule is O=C=NC1(c2cc(Br)cc(C(F)(F)F)c2)CC1. The Morgan fingerprint density at radius 1 is 1.29 bits per heavy atom. The molecule has 90 valence electrons. The standard InChI is InChI=1S/C11H7BrF3NO/c12-9-4-7(10(1-2-10)16-6-17)3-8(5-9)11(13,14)15/h3-5H,1-2H2. The Morgan fingerprint density at radius 3 is 2.41 bits per heavy atom. The van der Waals surface area contributed by atoms with E-state index in [0.29, 0.717) is 22.9 Å². The second-order valence-corrected chi connectivity index (χ2v) is 4.88. The van der Waals surface area contributed by atoms with E-state index in [0.717, 1.165) is 12.1 Å². The van der Waals surface area contributed by atoms with Gasteiger partial charge in [0, 0.05) is 4.47 Å². The molecule has 1 aliphatic rings. The van der Waals surface area contributed by atoms with Crippen molar-refractivity contribution in [1.29, 1.82) is 0 Å². The highest BCUT2D eigenvalue weighted by atomic mass is 79.9. The fraction of sp³-hybridized carbons (Fsp3) is 0.364. The molecule has 17 heavy (non-hydrogen) atoms. The van der Waals surface area contributed by atoms with Gasteiger partial charge in [-0.2, -0.15) is 18.2 Å². The Morgan fingerprint density at radius 2 is 1.94 bits per heavy atom. The van der Waals surface area contributed by atoms with Gasteiger partial charge in [-0.15, -0.1) is 0 Å². The van der Waals surface area contributed by atoms with Crippen molar-refractivity contribution < 1.29 is 18.0 Å². The number of alkyl halides is 3. The van der Waals surface area contributed by atoms with E-state index < -0.39 is 17.3 Å². The van der Waals surface area contributed by atoms with E-state index in [1.54, 1.807) is 6.07 Å². The predicted octanol–water partition coefficient (Wildman–Crippen LogP) is 3.79. The van der Waals surface area contributed by atoms with Crippen molar-refractivity contribution in [2.24, 2.45) is 4.99 Å². The molecular formula is C11H7BrF3NO. The van der Waals surface area contributed by atoms with Gasteiger partial charge in [0.1, 0.15) is 0 Å². The van der Waals surface area contributed by atoms with Gasteiger partial charge in [-0.1, -0.05) is 15.9 Å². The minimum atomic E-state index is -4.40. The maximum Gasteiger partial charge on any atom is 0.416 e. The van der Waals surface area contributed by atoms with Crippen molar-refractivity contribution in [2.45, 2.75) is 24.6 Å². The maximum absolute atomic E-state index is 12.6. The molecule has 2 nitrogen and oxygen atoms in total. The molecule has 0 unspecified atom stereocenters. The van der Waals surface area contributed by atoms with Crippen molar-refractivity contribution >= 4 is 22.0 Å². The molecule has 0 aliphatic heterocycles. The van der Waals surface area contributed by atoms with Crippen LogP contribution in [0, 0.1) is 0 Å². The third kappa shape index (κ3) is 2.42. The molecular weight excluding hydrogens is 299 g/mol. The number of benzene rings is 1. The van der Waals surface area contributed by atoms with Gasteiger partial charge >= 0.3 is 6.18 Å². The maximum atomic E-state index is 12.6. The number of halogens is 4.